The lowest BCUT2D eigenvalue weighted by Crippen LogP contribution is -2.30. The van der Waals surface area contributed by atoms with Gasteiger partial charge in [0.25, 0.3) is 5.91 Å². The first-order chi connectivity index (χ1) is 9.22. The highest BCUT2D eigenvalue weighted by atomic mass is 16.5. The number of methoxy groups -OCH3 is 1. The van der Waals surface area contributed by atoms with Crippen molar-refractivity contribution in [3.05, 3.63) is 23.8 Å². The minimum Gasteiger partial charge on any atom is -0.497 e. The summed E-state index contributed by atoms with van der Waals surface area (Å²) in [6, 6.07) is 5.92. The van der Waals surface area contributed by atoms with Gasteiger partial charge in [-0.1, -0.05) is 6.07 Å². The van der Waals surface area contributed by atoms with Gasteiger partial charge in [-0.3, -0.25) is 4.79 Å². The first-order valence-corrected chi connectivity index (χ1v) is 6.52. The predicted octanol–water partition coefficient (Wildman–Crippen LogP) is 0.854. The third-order valence-corrected chi connectivity index (χ3v) is 2.99. The standard InChI is InChI=1S/C14H20N2O3/c1-18-12-5-2-10(6-7-15)13(8-12)19-9-14(17)16-11-3-4-11/h2,5,8,11H,3-4,6-7,9,15H2,1H3,(H,16,17). The van der Waals surface area contributed by atoms with Crippen LogP contribution in [0.5, 0.6) is 11.5 Å². The molecule has 1 amide bonds. The summed E-state index contributed by atoms with van der Waals surface area (Å²) in [5.74, 6) is 1.29. The van der Waals surface area contributed by atoms with Gasteiger partial charge in [0.15, 0.2) is 6.61 Å². The summed E-state index contributed by atoms with van der Waals surface area (Å²) in [6.45, 7) is 0.568. The molecule has 0 aromatic heterocycles. The molecule has 2 rings (SSSR count). The second-order valence-corrected chi connectivity index (χ2v) is 4.64. The van der Waals surface area contributed by atoms with E-state index in [0.29, 0.717) is 30.5 Å². The molecule has 19 heavy (non-hydrogen) atoms. The molecule has 0 spiro atoms. The topological polar surface area (TPSA) is 73.6 Å². The fourth-order valence-electron chi connectivity index (χ4n) is 1.80. The normalized spacial score (nSPS) is 14.0. The van der Waals surface area contributed by atoms with Gasteiger partial charge in [-0.25, -0.2) is 0 Å². The minimum absolute atomic E-state index is 0.0290. The maximum absolute atomic E-state index is 11.6. The van der Waals surface area contributed by atoms with Crippen molar-refractivity contribution in [2.75, 3.05) is 20.3 Å². The van der Waals surface area contributed by atoms with E-state index in [-0.39, 0.29) is 12.5 Å². The van der Waals surface area contributed by atoms with Crippen LogP contribution in [-0.2, 0) is 11.2 Å². The van der Waals surface area contributed by atoms with Gasteiger partial charge >= 0.3 is 0 Å². The van der Waals surface area contributed by atoms with Gasteiger partial charge in [-0.15, -0.1) is 0 Å². The molecular weight excluding hydrogens is 244 g/mol. The van der Waals surface area contributed by atoms with Gasteiger partial charge < -0.3 is 20.5 Å². The maximum atomic E-state index is 11.6. The smallest absolute Gasteiger partial charge is 0.258 e. The number of hydrogen-bond donors (Lipinski definition) is 2. The second-order valence-electron chi connectivity index (χ2n) is 4.64. The van der Waals surface area contributed by atoms with E-state index in [9.17, 15) is 4.79 Å². The number of carbonyl (C=O) groups is 1. The van der Waals surface area contributed by atoms with Crippen LogP contribution >= 0.6 is 0 Å². The van der Waals surface area contributed by atoms with Crippen molar-refractivity contribution >= 4 is 5.91 Å². The summed E-state index contributed by atoms with van der Waals surface area (Å²) in [6.07, 6.45) is 2.86. The van der Waals surface area contributed by atoms with E-state index in [4.69, 9.17) is 15.2 Å². The molecule has 1 saturated carbocycles. The Labute approximate surface area is 113 Å². The monoisotopic (exact) mass is 264 g/mol. The zero-order valence-electron chi connectivity index (χ0n) is 11.1. The van der Waals surface area contributed by atoms with Crippen LogP contribution in [0.1, 0.15) is 18.4 Å². The van der Waals surface area contributed by atoms with Crippen LogP contribution in [0.4, 0.5) is 0 Å². The summed E-state index contributed by atoms with van der Waals surface area (Å²) in [5.41, 5.74) is 6.55. The van der Waals surface area contributed by atoms with Crippen LogP contribution in [0.2, 0.25) is 0 Å². The number of nitrogens with one attached hydrogen (secondary N) is 1. The Bertz CT molecular complexity index is 444. The molecule has 1 aliphatic carbocycles. The van der Waals surface area contributed by atoms with E-state index in [2.05, 4.69) is 5.32 Å². The quantitative estimate of drug-likeness (QED) is 0.766. The van der Waals surface area contributed by atoms with Crippen LogP contribution in [0.15, 0.2) is 18.2 Å². The molecule has 104 valence electrons. The van der Waals surface area contributed by atoms with Crippen molar-refractivity contribution < 1.29 is 14.3 Å². The molecule has 0 atom stereocenters. The van der Waals surface area contributed by atoms with Crippen molar-refractivity contribution in [3.63, 3.8) is 0 Å². The zero-order chi connectivity index (χ0) is 13.7. The molecule has 1 fully saturated rings. The summed E-state index contributed by atoms with van der Waals surface area (Å²) in [7, 11) is 1.60. The molecule has 1 aromatic carbocycles. The van der Waals surface area contributed by atoms with Crippen molar-refractivity contribution in [1.29, 1.82) is 0 Å². The van der Waals surface area contributed by atoms with Crippen LogP contribution in [0.25, 0.3) is 0 Å². The summed E-state index contributed by atoms with van der Waals surface area (Å²) < 4.78 is 10.7. The second kappa shape index (κ2) is 6.43. The van der Waals surface area contributed by atoms with Gasteiger partial charge in [0, 0.05) is 12.1 Å². The summed E-state index contributed by atoms with van der Waals surface area (Å²) in [5, 5.41) is 2.88. The molecule has 0 aliphatic heterocycles. The van der Waals surface area contributed by atoms with Gasteiger partial charge in [0.05, 0.1) is 7.11 Å². The average Bonchev–Trinajstić information content (AvgIpc) is 3.22. The minimum atomic E-state index is -0.0796. The lowest BCUT2D eigenvalue weighted by atomic mass is 10.1. The van der Waals surface area contributed by atoms with E-state index in [0.717, 1.165) is 18.4 Å². The third kappa shape index (κ3) is 4.13. The zero-order valence-corrected chi connectivity index (χ0v) is 11.1. The van der Waals surface area contributed by atoms with Crippen molar-refractivity contribution in [1.82, 2.24) is 5.32 Å². The van der Waals surface area contributed by atoms with E-state index in [1.54, 1.807) is 13.2 Å². The Morgan fingerprint density at radius 1 is 1.47 bits per heavy atom. The first-order valence-electron chi connectivity index (χ1n) is 6.52. The molecule has 0 unspecified atom stereocenters. The number of benzene rings is 1. The fourth-order valence-corrected chi connectivity index (χ4v) is 1.80. The van der Waals surface area contributed by atoms with Crippen LogP contribution in [-0.4, -0.2) is 32.2 Å². The molecule has 1 aromatic rings. The Morgan fingerprint density at radius 3 is 2.89 bits per heavy atom. The van der Waals surface area contributed by atoms with E-state index in [1.165, 1.54) is 0 Å². The maximum Gasteiger partial charge on any atom is 0.258 e. The largest absolute Gasteiger partial charge is 0.497 e. The van der Waals surface area contributed by atoms with E-state index in [1.807, 2.05) is 12.1 Å². The molecule has 5 heteroatoms. The SMILES string of the molecule is COc1ccc(CCN)c(OCC(=O)NC2CC2)c1. The molecule has 3 N–H and O–H groups in total. The summed E-state index contributed by atoms with van der Waals surface area (Å²) >= 11 is 0. The van der Waals surface area contributed by atoms with E-state index < -0.39 is 0 Å². The molecule has 0 heterocycles. The number of ether oxygens (including phenoxy) is 2. The number of amides is 1. The van der Waals surface area contributed by atoms with Gasteiger partial charge in [0.1, 0.15) is 11.5 Å². The highest BCUT2D eigenvalue weighted by Gasteiger charge is 2.23. The van der Waals surface area contributed by atoms with Crippen LogP contribution in [0, 0.1) is 0 Å². The Hall–Kier alpha value is -1.75. The Morgan fingerprint density at radius 2 is 2.26 bits per heavy atom. The lowest BCUT2D eigenvalue weighted by Gasteiger charge is -2.12. The first kappa shape index (κ1) is 13.7. The van der Waals surface area contributed by atoms with E-state index >= 15 is 0 Å². The third-order valence-electron chi connectivity index (χ3n) is 2.99. The van der Waals surface area contributed by atoms with Crippen molar-refractivity contribution in [3.8, 4) is 11.5 Å². The van der Waals surface area contributed by atoms with Crippen molar-refractivity contribution in [2.45, 2.75) is 25.3 Å². The van der Waals surface area contributed by atoms with Crippen LogP contribution in [0.3, 0.4) is 0 Å². The number of hydrogen-bond acceptors (Lipinski definition) is 4. The molecule has 1 aliphatic rings. The predicted molar refractivity (Wildman–Crippen MR) is 72.4 cm³/mol. The molecule has 0 bridgehead atoms. The average molecular weight is 264 g/mol. The number of carbonyl (C=O) groups excluding carboxylic acids is 1. The Kier molecular flexibility index (Phi) is 4.63. The van der Waals surface area contributed by atoms with Crippen molar-refractivity contribution in [2.24, 2.45) is 5.73 Å². The van der Waals surface area contributed by atoms with Gasteiger partial charge in [-0.2, -0.15) is 0 Å². The van der Waals surface area contributed by atoms with Gasteiger partial charge in [-0.05, 0) is 37.4 Å². The van der Waals surface area contributed by atoms with Crippen LogP contribution < -0.4 is 20.5 Å². The molecule has 5 nitrogen and oxygen atoms in total. The fraction of sp³-hybridized carbons (Fsp3) is 0.500. The molecule has 0 radical (unpaired) electrons. The highest BCUT2D eigenvalue weighted by Crippen LogP contribution is 2.25. The Balaban J connectivity index is 1.97. The lowest BCUT2D eigenvalue weighted by molar-refractivity contribution is -0.123. The number of rotatable bonds is 7. The van der Waals surface area contributed by atoms with Gasteiger partial charge in [0.2, 0.25) is 0 Å². The highest BCUT2D eigenvalue weighted by molar-refractivity contribution is 5.78. The molecule has 0 saturated heterocycles. The summed E-state index contributed by atoms with van der Waals surface area (Å²) in [4.78, 5) is 11.6. The number of nitrogens with two attached hydrogens (primary N) is 1. The molecular formula is C14H20N2O3.